The van der Waals surface area contributed by atoms with Gasteiger partial charge < -0.3 is 10.3 Å². The summed E-state index contributed by atoms with van der Waals surface area (Å²) in [7, 11) is 1.97. The van der Waals surface area contributed by atoms with Crippen molar-refractivity contribution in [2.24, 2.45) is 0 Å². The van der Waals surface area contributed by atoms with Gasteiger partial charge in [0, 0.05) is 10.9 Å². The minimum atomic E-state index is 0.984. The summed E-state index contributed by atoms with van der Waals surface area (Å²) in [6.45, 7) is 1.02. The van der Waals surface area contributed by atoms with E-state index in [-0.39, 0.29) is 0 Å². The maximum absolute atomic E-state index is 4.39. The molecule has 0 saturated carbocycles. The number of hydrogen-bond acceptors (Lipinski definition) is 2. The highest BCUT2D eigenvalue weighted by atomic mass is 79.9. The van der Waals surface area contributed by atoms with Gasteiger partial charge in [-0.15, -0.1) is 0 Å². The van der Waals surface area contributed by atoms with E-state index in [1.807, 2.05) is 25.4 Å². The molecule has 2 rings (SSSR count). The fourth-order valence-electron chi connectivity index (χ4n) is 1.70. The van der Waals surface area contributed by atoms with Gasteiger partial charge in [-0.25, -0.2) is 4.98 Å². The lowest BCUT2D eigenvalue weighted by molar-refractivity contribution is 0.707. The number of H-pyrrole nitrogens is 1. The molecule has 0 aliphatic heterocycles. The molecule has 90 valence electrons. The Hall–Kier alpha value is -1.13. The summed E-state index contributed by atoms with van der Waals surface area (Å²) in [4.78, 5) is 7.75. The zero-order chi connectivity index (χ0) is 12.1. The molecule has 0 atom stereocenters. The van der Waals surface area contributed by atoms with Crippen LogP contribution < -0.4 is 5.32 Å². The molecular weight excluding hydrogens is 278 g/mol. The molecule has 0 unspecified atom stereocenters. The standard InChI is InChI=1S/C13H16BrN3/c1-15-8-2-3-13-16-9-12(17-13)10-4-6-11(14)7-5-10/h4-7,9,15H,2-3,8H2,1H3,(H,16,17). The number of aryl methyl sites for hydroxylation is 1. The minimum absolute atomic E-state index is 0.984. The second-order valence-corrected chi connectivity index (χ2v) is 4.87. The Bertz CT molecular complexity index is 462. The molecule has 3 nitrogen and oxygen atoms in total. The first kappa shape index (κ1) is 12.3. The van der Waals surface area contributed by atoms with Crippen LogP contribution >= 0.6 is 15.9 Å². The second-order valence-electron chi connectivity index (χ2n) is 3.96. The van der Waals surface area contributed by atoms with Crippen molar-refractivity contribution in [1.82, 2.24) is 15.3 Å². The van der Waals surface area contributed by atoms with E-state index in [1.54, 1.807) is 0 Å². The fraction of sp³-hybridized carbons (Fsp3) is 0.308. The predicted molar refractivity (Wildman–Crippen MR) is 74.0 cm³/mol. The number of benzene rings is 1. The molecule has 0 saturated heterocycles. The van der Waals surface area contributed by atoms with Crippen LogP contribution in [0.3, 0.4) is 0 Å². The van der Waals surface area contributed by atoms with Crippen molar-refractivity contribution in [3.63, 3.8) is 0 Å². The van der Waals surface area contributed by atoms with Gasteiger partial charge in [0.25, 0.3) is 0 Å². The average Bonchev–Trinajstić information content (AvgIpc) is 2.79. The maximum Gasteiger partial charge on any atom is 0.106 e. The number of aromatic amines is 1. The highest BCUT2D eigenvalue weighted by molar-refractivity contribution is 9.10. The lowest BCUT2D eigenvalue weighted by atomic mass is 10.2. The highest BCUT2D eigenvalue weighted by Crippen LogP contribution is 2.20. The third-order valence-electron chi connectivity index (χ3n) is 2.62. The Labute approximate surface area is 110 Å². The average molecular weight is 294 g/mol. The number of nitrogens with zero attached hydrogens (tertiary/aromatic N) is 1. The van der Waals surface area contributed by atoms with E-state index in [9.17, 15) is 0 Å². The Morgan fingerprint density at radius 3 is 2.76 bits per heavy atom. The lowest BCUT2D eigenvalue weighted by Crippen LogP contribution is -2.08. The molecule has 0 aliphatic rings. The summed E-state index contributed by atoms with van der Waals surface area (Å²) < 4.78 is 1.09. The van der Waals surface area contributed by atoms with E-state index in [1.165, 1.54) is 5.56 Å². The van der Waals surface area contributed by atoms with E-state index in [2.05, 4.69) is 43.3 Å². The molecule has 2 N–H and O–H groups in total. The summed E-state index contributed by atoms with van der Waals surface area (Å²) in [6.07, 6.45) is 3.99. The van der Waals surface area contributed by atoms with E-state index in [4.69, 9.17) is 0 Å². The van der Waals surface area contributed by atoms with Gasteiger partial charge in [-0.3, -0.25) is 0 Å². The van der Waals surface area contributed by atoms with Gasteiger partial charge in [0.2, 0.25) is 0 Å². The van der Waals surface area contributed by atoms with Crippen LogP contribution in [0.4, 0.5) is 0 Å². The largest absolute Gasteiger partial charge is 0.342 e. The van der Waals surface area contributed by atoms with E-state index >= 15 is 0 Å². The molecule has 0 aliphatic carbocycles. The van der Waals surface area contributed by atoms with Crippen LogP contribution in [0, 0.1) is 0 Å². The summed E-state index contributed by atoms with van der Waals surface area (Å²) >= 11 is 3.43. The Balaban J connectivity index is 2.04. The number of rotatable bonds is 5. The molecule has 0 bridgehead atoms. The van der Waals surface area contributed by atoms with Crippen LogP contribution in [-0.4, -0.2) is 23.6 Å². The fourth-order valence-corrected chi connectivity index (χ4v) is 1.96. The number of nitrogens with one attached hydrogen (secondary N) is 2. The third-order valence-corrected chi connectivity index (χ3v) is 3.15. The Morgan fingerprint density at radius 1 is 1.29 bits per heavy atom. The van der Waals surface area contributed by atoms with Crippen LogP contribution in [0.1, 0.15) is 12.2 Å². The summed E-state index contributed by atoms with van der Waals surface area (Å²) in [6, 6.07) is 8.23. The first-order valence-corrected chi connectivity index (χ1v) is 6.53. The van der Waals surface area contributed by atoms with Crippen molar-refractivity contribution in [1.29, 1.82) is 0 Å². The molecule has 0 fully saturated rings. The topological polar surface area (TPSA) is 40.7 Å². The third kappa shape index (κ3) is 3.41. The molecule has 1 aromatic carbocycles. The zero-order valence-electron chi connectivity index (χ0n) is 9.83. The molecule has 1 aromatic heterocycles. The van der Waals surface area contributed by atoms with E-state index in [0.29, 0.717) is 0 Å². The maximum atomic E-state index is 4.39. The Morgan fingerprint density at radius 2 is 2.06 bits per heavy atom. The van der Waals surface area contributed by atoms with Gasteiger partial charge in [-0.05, 0) is 37.7 Å². The van der Waals surface area contributed by atoms with Gasteiger partial charge in [-0.2, -0.15) is 0 Å². The van der Waals surface area contributed by atoms with Gasteiger partial charge in [0.1, 0.15) is 5.82 Å². The van der Waals surface area contributed by atoms with Crippen molar-refractivity contribution >= 4 is 15.9 Å². The van der Waals surface area contributed by atoms with Crippen molar-refractivity contribution in [2.45, 2.75) is 12.8 Å². The van der Waals surface area contributed by atoms with Crippen molar-refractivity contribution < 1.29 is 0 Å². The molecule has 1 heterocycles. The van der Waals surface area contributed by atoms with E-state index < -0.39 is 0 Å². The van der Waals surface area contributed by atoms with Crippen molar-refractivity contribution in [3.05, 3.63) is 40.8 Å². The normalized spacial score (nSPS) is 10.7. The first-order valence-electron chi connectivity index (χ1n) is 5.74. The Kier molecular flexibility index (Phi) is 4.34. The summed E-state index contributed by atoms with van der Waals surface area (Å²) in [5.41, 5.74) is 2.25. The number of hydrogen-bond donors (Lipinski definition) is 2. The second kappa shape index (κ2) is 5.98. The van der Waals surface area contributed by atoms with Crippen LogP contribution in [0.25, 0.3) is 11.3 Å². The van der Waals surface area contributed by atoms with Crippen LogP contribution in [0.15, 0.2) is 34.9 Å². The first-order chi connectivity index (χ1) is 8.29. The monoisotopic (exact) mass is 293 g/mol. The molecule has 17 heavy (non-hydrogen) atoms. The van der Waals surface area contributed by atoms with Gasteiger partial charge >= 0.3 is 0 Å². The predicted octanol–water partition coefficient (Wildman–Crippen LogP) is 2.99. The molecule has 2 aromatic rings. The molecule has 4 heteroatoms. The van der Waals surface area contributed by atoms with Crippen molar-refractivity contribution in [2.75, 3.05) is 13.6 Å². The number of halogens is 1. The number of imidazole rings is 1. The van der Waals surface area contributed by atoms with E-state index in [0.717, 1.165) is 35.4 Å². The quantitative estimate of drug-likeness (QED) is 0.832. The summed E-state index contributed by atoms with van der Waals surface area (Å²) in [5, 5.41) is 3.14. The van der Waals surface area contributed by atoms with Crippen LogP contribution in [-0.2, 0) is 6.42 Å². The smallest absolute Gasteiger partial charge is 0.106 e. The van der Waals surface area contributed by atoms with Crippen LogP contribution in [0.5, 0.6) is 0 Å². The zero-order valence-corrected chi connectivity index (χ0v) is 11.4. The SMILES string of the molecule is CNCCCc1ncc(-c2ccc(Br)cc2)[nH]1. The number of aromatic nitrogens is 2. The lowest BCUT2D eigenvalue weighted by Gasteiger charge is -1.98. The highest BCUT2D eigenvalue weighted by Gasteiger charge is 2.02. The van der Waals surface area contributed by atoms with Crippen LogP contribution in [0.2, 0.25) is 0 Å². The molecule has 0 radical (unpaired) electrons. The van der Waals surface area contributed by atoms with Crippen molar-refractivity contribution in [3.8, 4) is 11.3 Å². The van der Waals surface area contributed by atoms with Gasteiger partial charge in [0.05, 0.1) is 11.9 Å². The summed E-state index contributed by atoms with van der Waals surface area (Å²) in [5.74, 6) is 1.05. The molecular formula is C13H16BrN3. The molecule has 0 amide bonds. The molecule has 0 spiro atoms. The van der Waals surface area contributed by atoms with Gasteiger partial charge in [-0.1, -0.05) is 28.1 Å². The van der Waals surface area contributed by atoms with Gasteiger partial charge in [0.15, 0.2) is 0 Å². The minimum Gasteiger partial charge on any atom is -0.342 e.